The molecule has 0 radical (unpaired) electrons. The van der Waals surface area contributed by atoms with Gasteiger partial charge in [-0.2, -0.15) is 0 Å². The Kier molecular flexibility index (Phi) is 6.31. The molecule has 0 spiro atoms. The third-order valence-electron chi connectivity index (χ3n) is 1.04. The van der Waals surface area contributed by atoms with E-state index in [0.29, 0.717) is 5.75 Å². The van der Waals surface area contributed by atoms with Gasteiger partial charge in [-0.3, -0.25) is 0 Å². The molecule has 62 valence electrons. The molecule has 0 fully saturated rings. The second-order valence-corrected chi connectivity index (χ2v) is 2.94. The van der Waals surface area contributed by atoms with Gasteiger partial charge < -0.3 is 9.84 Å². The molecule has 0 bridgehead atoms. The molecule has 12 heavy (non-hydrogen) atoms. The molecule has 0 unspecified atom stereocenters. The quantitative estimate of drug-likeness (QED) is 0.428. The van der Waals surface area contributed by atoms with Gasteiger partial charge in [0.25, 0.3) is 0 Å². The molecule has 0 aromatic heterocycles. The van der Waals surface area contributed by atoms with Crippen LogP contribution in [0.2, 0.25) is 0 Å². The topological polar surface area (TPSA) is 29.5 Å². The zero-order chi connectivity index (χ0) is 8.27. The normalized spacial score (nSPS) is 8.42. The van der Waals surface area contributed by atoms with Crippen molar-refractivity contribution in [2.45, 2.75) is 0 Å². The Morgan fingerprint density at radius 3 is 2.25 bits per heavy atom. The van der Waals surface area contributed by atoms with E-state index in [1.54, 1.807) is 12.1 Å². The average Bonchev–Trinajstić information content (AvgIpc) is 1.93. The Bertz CT molecular complexity index is 261. The van der Waals surface area contributed by atoms with E-state index in [2.05, 4.69) is 24.8 Å². The summed E-state index contributed by atoms with van der Waals surface area (Å²) in [5.41, 5.74) is 0. The number of rotatable bonds is 1. The predicted molar refractivity (Wildman–Crippen MR) is 58.9 cm³/mol. The Hall–Kier alpha value is 0.520. The number of ether oxygens (including phenoxy) is 1. The van der Waals surface area contributed by atoms with Gasteiger partial charge in [-0.25, -0.2) is 0 Å². The van der Waals surface area contributed by atoms with Crippen molar-refractivity contribution in [1.82, 2.24) is 0 Å². The minimum absolute atomic E-state index is 0. The summed E-state index contributed by atoms with van der Waals surface area (Å²) in [7, 11) is 0. The first kappa shape index (κ1) is 12.5. The molecule has 0 saturated carbocycles. The molecule has 0 aliphatic heterocycles. The van der Waals surface area contributed by atoms with E-state index >= 15 is 0 Å². The summed E-state index contributed by atoms with van der Waals surface area (Å²) in [4.78, 5) is 0. The van der Waals surface area contributed by atoms with Crippen LogP contribution in [0.4, 0.5) is 0 Å². The molecule has 0 amide bonds. The molecule has 0 aliphatic carbocycles. The standard InChI is InChI=1S/C7H6O2S2.Ca.2H/c8-5-1-3-6(4-2-5)9-7(10)11;;;/h1-4,8H,(H,10,11);;;. The van der Waals surface area contributed by atoms with Crippen LogP contribution in [0, 0.1) is 0 Å². The third-order valence-corrected chi connectivity index (χ3v) is 1.22. The van der Waals surface area contributed by atoms with Crippen molar-refractivity contribution in [2.24, 2.45) is 0 Å². The van der Waals surface area contributed by atoms with Crippen molar-refractivity contribution >= 4 is 67.0 Å². The first-order chi connectivity index (χ1) is 5.18. The summed E-state index contributed by atoms with van der Waals surface area (Å²) in [6.07, 6.45) is 0. The van der Waals surface area contributed by atoms with Crippen LogP contribution >= 0.6 is 24.8 Å². The van der Waals surface area contributed by atoms with Gasteiger partial charge in [0.2, 0.25) is 4.38 Å². The van der Waals surface area contributed by atoms with Crippen LogP contribution in [0.1, 0.15) is 0 Å². The van der Waals surface area contributed by atoms with Crippen LogP contribution in [0.25, 0.3) is 0 Å². The number of aromatic hydroxyl groups is 1. The van der Waals surface area contributed by atoms with Gasteiger partial charge in [0.1, 0.15) is 11.5 Å². The van der Waals surface area contributed by atoms with Gasteiger partial charge in [0.15, 0.2) is 0 Å². The van der Waals surface area contributed by atoms with Crippen molar-refractivity contribution < 1.29 is 9.84 Å². The second kappa shape index (κ2) is 6.05. The molecule has 0 aliphatic rings. The van der Waals surface area contributed by atoms with Crippen molar-refractivity contribution in [2.75, 3.05) is 0 Å². The zero-order valence-corrected chi connectivity index (χ0v) is 7.23. The van der Waals surface area contributed by atoms with Crippen molar-refractivity contribution in [3.63, 3.8) is 0 Å². The Labute approximate surface area is 111 Å². The van der Waals surface area contributed by atoms with Gasteiger partial charge in [0.05, 0.1) is 0 Å². The molecule has 0 atom stereocenters. The fourth-order valence-electron chi connectivity index (χ4n) is 0.615. The van der Waals surface area contributed by atoms with Crippen LogP contribution in [-0.4, -0.2) is 47.2 Å². The molecule has 1 N–H and O–H groups in total. The molecule has 5 heteroatoms. The second-order valence-electron chi connectivity index (χ2n) is 1.86. The molecule has 1 aromatic rings. The molecular formula is C7H8CaO2S2. The number of phenols is 1. The number of phenolic OH excluding ortho intramolecular Hbond substituents is 1. The van der Waals surface area contributed by atoms with Crippen LogP contribution in [0.5, 0.6) is 11.5 Å². The van der Waals surface area contributed by atoms with E-state index in [1.807, 2.05) is 0 Å². The van der Waals surface area contributed by atoms with Crippen LogP contribution in [0.3, 0.4) is 0 Å². The maximum absolute atomic E-state index is 8.88. The first-order valence-electron chi connectivity index (χ1n) is 2.88. The third kappa shape index (κ3) is 4.52. The molecule has 1 rings (SSSR count). The fraction of sp³-hybridized carbons (Fsp3) is 0. The summed E-state index contributed by atoms with van der Waals surface area (Å²) in [6.45, 7) is 0. The minimum atomic E-state index is 0. The van der Waals surface area contributed by atoms with Gasteiger partial charge >= 0.3 is 37.7 Å². The Balaban J connectivity index is 0.00000121. The van der Waals surface area contributed by atoms with E-state index in [-0.39, 0.29) is 47.9 Å². The van der Waals surface area contributed by atoms with Gasteiger partial charge in [-0.1, -0.05) is 12.6 Å². The average molecular weight is 228 g/mol. The summed E-state index contributed by atoms with van der Waals surface area (Å²) in [5.74, 6) is 0.769. The van der Waals surface area contributed by atoms with Gasteiger partial charge in [-0.15, -0.1) is 0 Å². The van der Waals surface area contributed by atoms with E-state index in [4.69, 9.17) is 9.84 Å². The number of hydrogen-bond donors (Lipinski definition) is 2. The maximum atomic E-state index is 8.88. The van der Waals surface area contributed by atoms with E-state index in [0.717, 1.165) is 0 Å². The van der Waals surface area contributed by atoms with Crippen molar-refractivity contribution in [1.29, 1.82) is 0 Å². The number of thiol groups is 1. The van der Waals surface area contributed by atoms with E-state index in [1.165, 1.54) is 12.1 Å². The number of thiocarbonyl (C=S) groups is 1. The van der Waals surface area contributed by atoms with E-state index < -0.39 is 0 Å². The van der Waals surface area contributed by atoms with Crippen molar-refractivity contribution in [3.8, 4) is 11.5 Å². The van der Waals surface area contributed by atoms with Crippen LogP contribution in [-0.2, 0) is 0 Å². The molecule has 0 heterocycles. The molecular weight excluding hydrogens is 220 g/mol. The Morgan fingerprint density at radius 1 is 1.33 bits per heavy atom. The number of benzene rings is 1. The molecule has 1 aromatic carbocycles. The van der Waals surface area contributed by atoms with Crippen LogP contribution in [0.15, 0.2) is 24.3 Å². The summed E-state index contributed by atoms with van der Waals surface area (Å²) < 4.78 is 5.12. The SMILES string of the molecule is Oc1ccc(OC(=S)S)cc1.[CaH2]. The van der Waals surface area contributed by atoms with Crippen molar-refractivity contribution in [3.05, 3.63) is 24.3 Å². The van der Waals surface area contributed by atoms with Gasteiger partial charge in [-0.05, 0) is 36.5 Å². The first-order valence-corrected chi connectivity index (χ1v) is 3.74. The molecule has 2 nitrogen and oxygen atoms in total. The Morgan fingerprint density at radius 2 is 1.83 bits per heavy atom. The summed E-state index contributed by atoms with van der Waals surface area (Å²) >= 11 is 8.37. The zero-order valence-electron chi connectivity index (χ0n) is 5.52. The monoisotopic (exact) mass is 228 g/mol. The van der Waals surface area contributed by atoms with Crippen LogP contribution < -0.4 is 4.74 Å². The number of hydrogen-bond acceptors (Lipinski definition) is 3. The summed E-state index contributed by atoms with van der Waals surface area (Å²) in [5, 5.41) is 8.88. The van der Waals surface area contributed by atoms with Gasteiger partial charge in [0, 0.05) is 0 Å². The summed E-state index contributed by atoms with van der Waals surface area (Å²) in [6, 6.07) is 6.25. The molecule has 0 saturated heterocycles. The van der Waals surface area contributed by atoms with E-state index in [9.17, 15) is 0 Å². The predicted octanol–water partition coefficient (Wildman–Crippen LogP) is 1.07. The fourth-order valence-corrected chi connectivity index (χ4v) is 0.817.